The number of nitrogens with one attached hydrogen (secondary N) is 1. The molecule has 1 aliphatic rings. The van der Waals surface area contributed by atoms with Crippen LogP contribution in [0.15, 0.2) is 6.33 Å². The third-order valence-corrected chi connectivity index (χ3v) is 3.64. The quantitative estimate of drug-likeness (QED) is 0.365. The lowest BCUT2D eigenvalue weighted by Crippen LogP contribution is -2.37. The summed E-state index contributed by atoms with van der Waals surface area (Å²) in [6.07, 6.45) is -3.65. The Hall–Kier alpha value is -2.08. The van der Waals surface area contributed by atoms with E-state index in [1.165, 1.54) is 0 Å². The summed E-state index contributed by atoms with van der Waals surface area (Å²) in [6, 6.07) is 0. The summed E-state index contributed by atoms with van der Waals surface area (Å²) in [6.45, 7) is 1.81. The summed E-state index contributed by atoms with van der Waals surface area (Å²) >= 11 is 0. The number of hydrogen-bond acceptors (Lipinski definition) is 10. The largest absolute Gasteiger partial charge is 0.394 e. The third kappa shape index (κ3) is 3.32. The highest BCUT2D eigenvalue weighted by molar-refractivity contribution is 5.70. The molecule has 1 aliphatic heterocycles. The maximum Gasteiger partial charge on any atom is 0.353 e. The maximum atomic E-state index is 11.4. The molecule has 0 unspecified atom stereocenters. The van der Waals surface area contributed by atoms with E-state index >= 15 is 0 Å². The number of rotatable bonds is 6. The molecule has 1 fully saturated rings. The molecule has 0 saturated carbocycles. The van der Waals surface area contributed by atoms with Gasteiger partial charge in [-0.2, -0.15) is 0 Å². The van der Waals surface area contributed by atoms with Gasteiger partial charge in [-0.1, -0.05) is 0 Å². The number of hydrogen-bond donors (Lipinski definition) is 4. The van der Waals surface area contributed by atoms with Gasteiger partial charge in [0.05, 0.1) is 11.5 Å². The average Bonchev–Trinajstić information content (AvgIpc) is 2.81. The molecule has 4 N–H and O–H groups in total. The molecule has 1 saturated heterocycles. The number of anilines is 2. The molecule has 0 aliphatic carbocycles. The maximum absolute atomic E-state index is 11.4. The molecule has 23 heavy (non-hydrogen) atoms. The van der Waals surface area contributed by atoms with Gasteiger partial charge in [0.15, 0.2) is 6.23 Å². The molecule has 0 bridgehead atoms. The first-order valence-corrected chi connectivity index (χ1v) is 7.00. The Morgan fingerprint density at radius 3 is 2.65 bits per heavy atom. The lowest BCUT2D eigenvalue weighted by Gasteiger charge is -2.19. The second-order valence-corrected chi connectivity index (χ2v) is 5.07. The van der Waals surface area contributed by atoms with E-state index in [1.54, 1.807) is 11.9 Å². The van der Waals surface area contributed by atoms with Crippen molar-refractivity contribution in [3.63, 3.8) is 0 Å². The Morgan fingerprint density at radius 2 is 2.13 bits per heavy atom. The van der Waals surface area contributed by atoms with Gasteiger partial charge in [0.2, 0.25) is 11.6 Å². The normalized spacial score (nSPS) is 27.0. The zero-order valence-electron chi connectivity index (χ0n) is 12.7. The van der Waals surface area contributed by atoms with Crippen LogP contribution < -0.4 is 10.2 Å². The minimum atomic E-state index is -1.37. The first-order valence-electron chi connectivity index (χ1n) is 7.00. The first kappa shape index (κ1) is 17.3. The van der Waals surface area contributed by atoms with Crippen LogP contribution >= 0.6 is 0 Å². The molecule has 11 heteroatoms. The van der Waals surface area contributed by atoms with Crippen molar-refractivity contribution in [3.8, 4) is 0 Å². The number of aliphatic hydroxyl groups excluding tert-OH is 3. The van der Waals surface area contributed by atoms with Crippen LogP contribution in [-0.2, 0) is 4.74 Å². The van der Waals surface area contributed by atoms with Crippen molar-refractivity contribution in [3.05, 3.63) is 16.4 Å². The van der Waals surface area contributed by atoms with Crippen LogP contribution in [0.5, 0.6) is 0 Å². The monoisotopic (exact) mass is 329 g/mol. The molecule has 0 aromatic carbocycles. The van der Waals surface area contributed by atoms with Gasteiger partial charge < -0.3 is 30.3 Å². The van der Waals surface area contributed by atoms with Crippen LogP contribution in [0.2, 0.25) is 0 Å². The van der Waals surface area contributed by atoms with E-state index in [2.05, 4.69) is 15.3 Å². The van der Waals surface area contributed by atoms with Crippen LogP contribution in [0.25, 0.3) is 0 Å². The zero-order valence-corrected chi connectivity index (χ0v) is 12.7. The second-order valence-electron chi connectivity index (χ2n) is 5.07. The van der Waals surface area contributed by atoms with Crippen molar-refractivity contribution in [1.82, 2.24) is 9.97 Å². The number of nitrogens with zero attached hydrogens (tertiary/aromatic N) is 4. The fourth-order valence-corrected chi connectivity index (χ4v) is 2.23. The fourth-order valence-electron chi connectivity index (χ4n) is 2.23. The van der Waals surface area contributed by atoms with Gasteiger partial charge >= 0.3 is 5.69 Å². The molecule has 11 nitrogen and oxygen atoms in total. The van der Waals surface area contributed by atoms with E-state index in [9.17, 15) is 20.3 Å². The highest BCUT2D eigenvalue weighted by Crippen LogP contribution is 2.33. The van der Waals surface area contributed by atoms with Gasteiger partial charge in [0.25, 0.3) is 0 Å². The number of ether oxygens (including phenoxy) is 1. The molecular formula is C12H19N5O6. The fraction of sp³-hybridized carbons (Fsp3) is 0.667. The number of aliphatic hydroxyl groups is 3. The lowest BCUT2D eigenvalue weighted by molar-refractivity contribution is -0.383. The van der Waals surface area contributed by atoms with Gasteiger partial charge in [-0.15, -0.1) is 0 Å². The van der Waals surface area contributed by atoms with Crippen molar-refractivity contribution in [2.45, 2.75) is 31.5 Å². The second kappa shape index (κ2) is 7.00. The van der Waals surface area contributed by atoms with Crippen molar-refractivity contribution < 1.29 is 25.0 Å². The van der Waals surface area contributed by atoms with Gasteiger partial charge in [-0.25, -0.2) is 9.97 Å². The SMILES string of the molecule is CCN(C)c1ncnc(N[C@@H]2O[C@H](CO)[C@@H](O)[C@H]2O)c1[N+](=O)[O-]. The standard InChI is InChI=1S/C12H19N5O6/c1-3-16(2)11-7(17(21)22)10(13-5-14-11)15-12-9(20)8(19)6(4-18)23-12/h5-6,8-9,12,18-20H,3-4H2,1-2H3,(H,13,14,15)/t6-,8-,9-,12-/m1/s1. The lowest BCUT2D eigenvalue weighted by atomic mass is 10.1. The van der Waals surface area contributed by atoms with E-state index in [1.807, 2.05) is 6.92 Å². The van der Waals surface area contributed by atoms with Gasteiger partial charge in [-0.3, -0.25) is 10.1 Å². The molecule has 1 aromatic heterocycles. The highest BCUT2D eigenvalue weighted by Gasteiger charge is 2.43. The molecule has 4 atom stereocenters. The summed E-state index contributed by atoms with van der Waals surface area (Å²) in [7, 11) is 1.64. The number of aromatic nitrogens is 2. The molecule has 0 spiro atoms. The predicted molar refractivity (Wildman–Crippen MR) is 79.0 cm³/mol. The van der Waals surface area contributed by atoms with Crippen molar-refractivity contribution in [2.24, 2.45) is 0 Å². The molecular weight excluding hydrogens is 310 g/mol. The van der Waals surface area contributed by atoms with Crippen LogP contribution in [0.4, 0.5) is 17.3 Å². The van der Waals surface area contributed by atoms with E-state index in [4.69, 9.17) is 9.84 Å². The summed E-state index contributed by atoms with van der Waals surface area (Å²) in [5.74, 6) is -0.0307. The van der Waals surface area contributed by atoms with Crippen molar-refractivity contribution >= 4 is 17.3 Å². The Labute approximate surface area is 131 Å². The molecule has 2 heterocycles. The predicted octanol–water partition coefficient (Wildman–Crippen LogP) is -1.31. The van der Waals surface area contributed by atoms with Gasteiger partial charge in [0, 0.05) is 13.6 Å². The zero-order chi connectivity index (χ0) is 17.1. The highest BCUT2D eigenvalue weighted by atomic mass is 16.6. The molecule has 0 amide bonds. The number of nitro groups is 1. The van der Waals surface area contributed by atoms with E-state index in [0.29, 0.717) is 6.54 Å². The molecule has 2 rings (SSSR count). The summed E-state index contributed by atoms with van der Waals surface area (Å²) in [4.78, 5) is 20.0. The molecule has 0 radical (unpaired) electrons. The van der Waals surface area contributed by atoms with Crippen molar-refractivity contribution in [2.75, 3.05) is 30.4 Å². The third-order valence-electron chi connectivity index (χ3n) is 3.64. The minimum absolute atomic E-state index is 0.113. The van der Waals surface area contributed by atoms with E-state index < -0.39 is 36.1 Å². The molecule has 1 aromatic rings. The summed E-state index contributed by atoms with van der Waals surface area (Å²) in [5, 5.41) is 42.6. The molecule has 128 valence electrons. The Kier molecular flexibility index (Phi) is 5.26. The van der Waals surface area contributed by atoms with Crippen molar-refractivity contribution in [1.29, 1.82) is 0 Å². The van der Waals surface area contributed by atoms with Gasteiger partial charge in [0.1, 0.15) is 24.6 Å². The Bertz CT molecular complexity index is 573. The van der Waals surface area contributed by atoms with Crippen LogP contribution in [0, 0.1) is 10.1 Å². The Morgan fingerprint density at radius 1 is 1.43 bits per heavy atom. The van der Waals surface area contributed by atoms with Gasteiger partial charge in [-0.05, 0) is 6.92 Å². The van der Waals surface area contributed by atoms with Crippen LogP contribution in [0.3, 0.4) is 0 Å². The Balaban J connectivity index is 2.32. The van der Waals surface area contributed by atoms with Crippen LogP contribution in [-0.4, -0.2) is 74.9 Å². The smallest absolute Gasteiger partial charge is 0.353 e. The van der Waals surface area contributed by atoms with E-state index in [-0.39, 0.29) is 17.3 Å². The summed E-state index contributed by atoms with van der Waals surface area (Å²) < 4.78 is 5.24. The first-order chi connectivity index (χ1) is 10.9. The van der Waals surface area contributed by atoms with E-state index in [0.717, 1.165) is 6.33 Å². The average molecular weight is 329 g/mol. The minimum Gasteiger partial charge on any atom is -0.394 e. The topological polar surface area (TPSA) is 154 Å². The van der Waals surface area contributed by atoms with Crippen LogP contribution in [0.1, 0.15) is 6.92 Å². The summed E-state index contributed by atoms with van der Waals surface area (Å²) in [5.41, 5.74) is -0.366.